The van der Waals surface area contributed by atoms with Crippen LogP contribution in [0.15, 0.2) is 54.7 Å². The molecule has 0 aliphatic heterocycles. The van der Waals surface area contributed by atoms with Crippen molar-refractivity contribution in [2.24, 2.45) is 0 Å². The van der Waals surface area contributed by atoms with Crippen LogP contribution in [0.25, 0.3) is 10.9 Å². The SMILES string of the molecule is Cc1ccc(O[C@@H](C)C(=O)Nc2cccc3cccnc23)cc1C. The molecule has 24 heavy (non-hydrogen) atoms. The molecule has 2 aromatic carbocycles. The van der Waals surface area contributed by atoms with E-state index in [-0.39, 0.29) is 5.91 Å². The summed E-state index contributed by atoms with van der Waals surface area (Å²) in [6.45, 7) is 5.81. The fourth-order valence-electron chi connectivity index (χ4n) is 2.48. The van der Waals surface area contributed by atoms with Gasteiger partial charge in [0.15, 0.2) is 6.10 Å². The first kappa shape index (κ1) is 16.0. The summed E-state index contributed by atoms with van der Waals surface area (Å²) in [5.74, 6) is 0.489. The lowest BCUT2D eigenvalue weighted by Crippen LogP contribution is -2.30. The van der Waals surface area contributed by atoms with E-state index in [0.29, 0.717) is 11.4 Å². The first-order valence-electron chi connectivity index (χ1n) is 7.93. The predicted octanol–water partition coefficient (Wildman–Crippen LogP) is 4.26. The first-order valence-corrected chi connectivity index (χ1v) is 7.93. The van der Waals surface area contributed by atoms with E-state index in [9.17, 15) is 4.79 Å². The van der Waals surface area contributed by atoms with Crippen LogP contribution in [-0.2, 0) is 4.79 Å². The minimum Gasteiger partial charge on any atom is -0.481 e. The average Bonchev–Trinajstić information content (AvgIpc) is 2.58. The summed E-state index contributed by atoms with van der Waals surface area (Å²) in [7, 11) is 0. The zero-order chi connectivity index (χ0) is 17.1. The number of fused-ring (bicyclic) bond motifs is 1. The monoisotopic (exact) mass is 320 g/mol. The highest BCUT2D eigenvalue weighted by Crippen LogP contribution is 2.22. The number of pyridine rings is 1. The number of aromatic nitrogens is 1. The number of hydrogen-bond donors (Lipinski definition) is 1. The Bertz CT molecular complexity index is 884. The number of carbonyl (C=O) groups is 1. The molecular formula is C20H20N2O2. The Balaban J connectivity index is 1.75. The van der Waals surface area contributed by atoms with Crippen LogP contribution >= 0.6 is 0 Å². The Hall–Kier alpha value is -2.88. The fraction of sp³-hybridized carbons (Fsp3) is 0.200. The Morgan fingerprint density at radius 3 is 2.67 bits per heavy atom. The molecule has 0 saturated heterocycles. The maximum Gasteiger partial charge on any atom is 0.265 e. The maximum atomic E-state index is 12.4. The summed E-state index contributed by atoms with van der Waals surface area (Å²) in [5, 5.41) is 3.89. The first-order chi connectivity index (χ1) is 11.5. The van der Waals surface area contributed by atoms with Gasteiger partial charge in [0.05, 0.1) is 11.2 Å². The minimum atomic E-state index is -0.605. The number of para-hydroxylation sites is 1. The van der Waals surface area contributed by atoms with Crippen molar-refractivity contribution in [3.05, 3.63) is 65.9 Å². The Morgan fingerprint density at radius 1 is 1.08 bits per heavy atom. The summed E-state index contributed by atoms with van der Waals surface area (Å²) in [6, 6.07) is 15.4. The van der Waals surface area contributed by atoms with E-state index >= 15 is 0 Å². The summed E-state index contributed by atoms with van der Waals surface area (Å²) in [5.41, 5.74) is 3.79. The molecule has 0 saturated carbocycles. The van der Waals surface area contributed by atoms with Gasteiger partial charge in [0, 0.05) is 11.6 Å². The number of ether oxygens (including phenoxy) is 1. The van der Waals surface area contributed by atoms with Gasteiger partial charge in [0.25, 0.3) is 5.91 Å². The van der Waals surface area contributed by atoms with Crippen molar-refractivity contribution >= 4 is 22.5 Å². The third-order valence-corrected chi connectivity index (χ3v) is 4.05. The molecule has 0 bridgehead atoms. The summed E-state index contributed by atoms with van der Waals surface area (Å²) in [4.78, 5) is 16.8. The highest BCUT2D eigenvalue weighted by molar-refractivity contribution is 6.01. The van der Waals surface area contributed by atoms with E-state index in [1.54, 1.807) is 13.1 Å². The maximum absolute atomic E-state index is 12.4. The molecule has 122 valence electrons. The van der Waals surface area contributed by atoms with Crippen molar-refractivity contribution in [1.29, 1.82) is 0 Å². The van der Waals surface area contributed by atoms with Crippen molar-refractivity contribution in [3.8, 4) is 5.75 Å². The number of rotatable bonds is 4. The van der Waals surface area contributed by atoms with Gasteiger partial charge in [-0.05, 0) is 56.2 Å². The van der Waals surface area contributed by atoms with Gasteiger partial charge in [0.2, 0.25) is 0 Å². The second kappa shape index (κ2) is 6.71. The molecule has 4 heteroatoms. The molecule has 1 N–H and O–H groups in total. The molecule has 0 radical (unpaired) electrons. The summed E-state index contributed by atoms with van der Waals surface area (Å²) in [6.07, 6.45) is 1.11. The van der Waals surface area contributed by atoms with E-state index < -0.39 is 6.10 Å². The van der Waals surface area contributed by atoms with Crippen LogP contribution in [-0.4, -0.2) is 17.0 Å². The molecule has 1 heterocycles. The Kier molecular flexibility index (Phi) is 4.47. The zero-order valence-corrected chi connectivity index (χ0v) is 14.0. The van der Waals surface area contributed by atoms with E-state index in [2.05, 4.69) is 10.3 Å². The quantitative estimate of drug-likeness (QED) is 0.781. The van der Waals surface area contributed by atoms with Crippen LogP contribution in [0.5, 0.6) is 5.75 Å². The third kappa shape index (κ3) is 3.38. The number of amides is 1. The van der Waals surface area contributed by atoms with E-state index in [1.807, 2.05) is 62.4 Å². The van der Waals surface area contributed by atoms with Crippen LogP contribution < -0.4 is 10.1 Å². The van der Waals surface area contributed by atoms with E-state index in [4.69, 9.17) is 4.74 Å². The smallest absolute Gasteiger partial charge is 0.265 e. The Morgan fingerprint density at radius 2 is 1.88 bits per heavy atom. The van der Waals surface area contributed by atoms with Crippen molar-refractivity contribution in [2.45, 2.75) is 26.9 Å². The largest absolute Gasteiger partial charge is 0.481 e. The highest BCUT2D eigenvalue weighted by atomic mass is 16.5. The molecule has 0 aliphatic carbocycles. The number of nitrogens with one attached hydrogen (secondary N) is 1. The van der Waals surface area contributed by atoms with Gasteiger partial charge in [0.1, 0.15) is 5.75 Å². The molecule has 4 nitrogen and oxygen atoms in total. The lowest BCUT2D eigenvalue weighted by molar-refractivity contribution is -0.122. The average molecular weight is 320 g/mol. The number of aryl methyl sites for hydroxylation is 2. The molecule has 0 unspecified atom stereocenters. The van der Waals surface area contributed by atoms with Gasteiger partial charge >= 0.3 is 0 Å². The van der Waals surface area contributed by atoms with Crippen LogP contribution in [0.3, 0.4) is 0 Å². The van der Waals surface area contributed by atoms with Crippen molar-refractivity contribution < 1.29 is 9.53 Å². The summed E-state index contributed by atoms with van der Waals surface area (Å²) >= 11 is 0. The van der Waals surface area contributed by atoms with E-state index in [0.717, 1.165) is 16.5 Å². The second-order valence-corrected chi connectivity index (χ2v) is 5.88. The third-order valence-electron chi connectivity index (χ3n) is 4.05. The molecule has 1 atom stereocenters. The van der Waals surface area contributed by atoms with E-state index in [1.165, 1.54) is 5.56 Å². The fourth-order valence-corrected chi connectivity index (χ4v) is 2.48. The van der Waals surface area contributed by atoms with Gasteiger partial charge in [-0.1, -0.05) is 24.3 Å². The molecule has 0 spiro atoms. The van der Waals surface area contributed by atoms with Crippen molar-refractivity contribution in [2.75, 3.05) is 5.32 Å². The van der Waals surface area contributed by atoms with Gasteiger partial charge in [-0.2, -0.15) is 0 Å². The normalized spacial score (nSPS) is 12.0. The number of nitrogens with zero attached hydrogens (tertiary/aromatic N) is 1. The van der Waals surface area contributed by atoms with Crippen molar-refractivity contribution in [1.82, 2.24) is 4.98 Å². The zero-order valence-electron chi connectivity index (χ0n) is 14.0. The van der Waals surface area contributed by atoms with Crippen LogP contribution in [0.1, 0.15) is 18.1 Å². The van der Waals surface area contributed by atoms with Gasteiger partial charge < -0.3 is 10.1 Å². The molecular weight excluding hydrogens is 300 g/mol. The van der Waals surface area contributed by atoms with Gasteiger partial charge in [-0.3, -0.25) is 9.78 Å². The lowest BCUT2D eigenvalue weighted by Gasteiger charge is -2.16. The molecule has 3 aromatic rings. The lowest BCUT2D eigenvalue weighted by atomic mass is 10.1. The van der Waals surface area contributed by atoms with Gasteiger partial charge in [-0.15, -0.1) is 0 Å². The number of hydrogen-bond acceptors (Lipinski definition) is 3. The van der Waals surface area contributed by atoms with Crippen LogP contribution in [0.2, 0.25) is 0 Å². The van der Waals surface area contributed by atoms with Gasteiger partial charge in [-0.25, -0.2) is 0 Å². The molecule has 1 aromatic heterocycles. The van der Waals surface area contributed by atoms with Crippen LogP contribution in [0, 0.1) is 13.8 Å². The summed E-state index contributed by atoms with van der Waals surface area (Å²) < 4.78 is 5.76. The standard InChI is InChI=1S/C20H20N2O2/c1-13-9-10-17(12-14(13)2)24-15(3)20(23)22-18-8-4-6-16-7-5-11-21-19(16)18/h4-12,15H,1-3H3,(H,22,23)/t15-/m0/s1. The number of benzene rings is 2. The molecule has 0 aliphatic rings. The number of anilines is 1. The molecule has 3 rings (SSSR count). The predicted molar refractivity (Wildman–Crippen MR) is 96.4 cm³/mol. The second-order valence-electron chi connectivity index (χ2n) is 5.88. The molecule has 1 amide bonds. The van der Waals surface area contributed by atoms with Crippen LogP contribution in [0.4, 0.5) is 5.69 Å². The Labute approximate surface area is 141 Å². The topological polar surface area (TPSA) is 51.2 Å². The molecule has 0 fully saturated rings. The number of carbonyl (C=O) groups excluding carboxylic acids is 1. The minimum absolute atomic E-state index is 0.202. The highest BCUT2D eigenvalue weighted by Gasteiger charge is 2.16. The van der Waals surface area contributed by atoms with Crippen molar-refractivity contribution in [3.63, 3.8) is 0 Å².